The molecule has 0 saturated carbocycles. The van der Waals surface area contributed by atoms with Gasteiger partial charge in [-0.2, -0.15) is 0 Å². The lowest BCUT2D eigenvalue weighted by molar-refractivity contribution is 0.0544. The molecule has 0 fully saturated rings. The Morgan fingerprint density at radius 2 is 1.53 bits per heavy atom. The minimum absolute atomic E-state index is 0.00219. The Morgan fingerprint density at radius 3 is 2.16 bits per heavy atom. The maximum atomic E-state index is 4.79. The zero-order chi connectivity index (χ0) is 27.8. The highest BCUT2D eigenvalue weighted by atomic mass is 14.6. The second-order valence-electron chi connectivity index (χ2n) is 13.1. The molecule has 0 unspecified atom stereocenters. The van der Waals surface area contributed by atoms with Gasteiger partial charge in [0.1, 0.15) is 0 Å². The summed E-state index contributed by atoms with van der Waals surface area (Å²) in [6, 6.07) is 12.9. The van der Waals surface area contributed by atoms with Crippen molar-refractivity contribution < 1.29 is 0 Å². The first-order chi connectivity index (χ1) is 17.7. The quantitative estimate of drug-likeness (QED) is 0.343. The van der Waals surface area contributed by atoms with Gasteiger partial charge in [0.15, 0.2) is 0 Å². The van der Waals surface area contributed by atoms with Crippen molar-refractivity contribution in [3.05, 3.63) is 123 Å². The fourth-order valence-corrected chi connectivity index (χ4v) is 8.43. The van der Waals surface area contributed by atoms with E-state index in [-0.39, 0.29) is 16.2 Å². The largest absolute Gasteiger partial charge is 0.0955 e. The van der Waals surface area contributed by atoms with Crippen LogP contribution in [0, 0.1) is 41.9 Å². The molecule has 2 aromatic carbocycles. The maximum absolute atomic E-state index is 4.79. The Hall–Kier alpha value is -3.30. The molecule has 0 spiro atoms. The van der Waals surface area contributed by atoms with E-state index >= 15 is 0 Å². The molecular formula is C38H42. The van der Waals surface area contributed by atoms with Crippen molar-refractivity contribution >= 4 is 5.57 Å². The highest BCUT2D eigenvalue weighted by Gasteiger charge is 2.59. The van der Waals surface area contributed by atoms with Crippen LogP contribution in [0.15, 0.2) is 89.6 Å². The average molecular weight is 499 g/mol. The number of hydrogen-bond donors (Lipinski definition) is 0. The molecule has 0 bridgehead atoms. The number of aryl methyl sites for hydroxylation is 2. The van der Waals surface area contributed by atoms with E-state index in [9.17, 15) is 0 Å². The van der Waals surface area contributed by atoms with Crippen molar-refractivity contribution in [1.82, 2.24) is 0 Å². The van der Waals surface area contributed by atoms with E-state index in [0.29, 0.717) is 0 Å². The first kappa shape index (κ1) is 26.3. The molecule has 194 valence electrons. The van der Waals surface area contributed by atoms with E-state index in [2.05, 4.69) is 110 Å². The van der Waals surface area contributed by atoms with E-state index in [4.69, 9.17) is 13.2 Å². The first-order valence-corrected chi connectivity index (χ1v) is 13.9. The number of fused-ring (bicyclic) bond motifs is 3. The van der Waals surface area contributed by atoms with Crippen LogP contribution >= 0.6 is 0 Å². The number of rotatable bonds is 1. The van der Waals surface area contributed by atoms with Crippen molar-refractivity contribution in [3.63, 3.8) is 0 Å². The monoisotopic (exact) mass is 498 g/mol. The van der Waals surface area contributed by atoms with Crippen LogP contribution in [0.2, 0.25) is 0 Å². The molecule has 0 aliphatic heterocycles. The molecular weight excluding hydrogens is 456 g/mol. The van der Waals surface area contributed by atoms with Gasteiger partial charge in [0.25, 0.3) is 0 Å². The predicted molar refractivity (Wildman–Crippen MR) is 164 cm³/mol. The third kappa shape index (κ3) is 3.59. The van der Waals surface area contributed by atoms with Crippen molar-refractivity contribution in [2.45, 2.75) is 74.7 Å². The van der Waals surface area contributed by atoms with Crippen LogP contribution in [0.5, 0.6) is 0 Å². The van der Waals surface area contributed by atoms with Gasteiger partial charge in [-0.15, -0.1) is 0 Å². The molecule has 38 heavy (non-hydrogen) atoms. The first-order valence-electron chi connectivity index (χ1n) is 13.9. The highest BCUT2D eigenvalue weighted by Crippen LogP contribution is 2.70. The zero-order valence-electron chi connectivity index (χ0n) is 24.7. The summed E-state index contributed by atoms with van der Waals surface area (Å²) >= 11 is 0. The van der Waals surface area contributed by atoms with Crippen LogP contribution in [-0.4, -0.2) is 0 Å². The Morgan fingerprint density at radius 1 is 0.868 bits per heavy atom. The van der Waals surface area contributed by atoms with Crippen LogP contribution in [0.4, 0.5) is 0 Å². The summed E-state index contributed by atoms with van der Waals surface area (Å²) in [4.78, 5) is 0. The van der Waals surface area contributed by atoms with E-state index in [1.807, 2.05) is 0 Å². The van der Waals surface area contributed by atoms with E-state index < -0.39 is 0 Å². The lowest BCUT2D eigenvalue weighted by Crippen LogP contribution is -2.52. The van der Waals surface area contributed by atoms with Gasteiger partial charge in [0.05, 0.1) is 0 Å². The summed E-state index contributed by atoms with van der Waals surface area (Å²) < 4.78 is 0. The number of allylic oxidation sites excluding steroid dienone is 7. The molecule has 3 atom stereocenters. The predicted octanol–water partition coefficient (Wildman–Crippen LogP) is 9.86. The van der Waals surface area contributed by atoms with E-state index in [1.54, 1.807) is 0 Å². The van der Waals surface area contributed by atoms with E-state index in [0.717, 1.165) is 36.0 Å². The van der Waals surface area contributed by atoms with Gasteiger partial charge in [-0.3, -0.25) is 0 Å². The minimum atomic E-state index is -0.132. The lowest BCUT2D eigenvalue weighted by atomic mass is 9.41. The van der Waals surface area contributed by atoms with Crippen molar-refractivity contribution in [1.29, 1.82) is 0 Å². The fourth-order valence-electron chi connectivity index (χ4n) is 8.43. The summed E-state index contributed by atoms with van der Waals surface area (Å²) in [5, 5.41) is 0. The zero-order valence-corrected chi connectivity index (χ0v) is 24.7. The van der Waals surface area contributed by atoms with Gasteiger partial charge in [-0.1, -0.05) is 92.8 Å². The molecule has 3 aliphatic carbocycles. The van der Waals surface area contributed by atoms with Crippen molar-refractivity contribution in [2.75, 3.05) is 0 Å². The van der Waals surface area contributed by atoms with Gasteiger partial charge < -0.3 is 0 Å². The normalized spacial score (nSPS) is 28.3. The number of hydrogen-bond acceptors (Lipinski definition) is 0. The third-order valence-corrected chi connectivity index (χ3v) is 10.2. The van der Waals surface area contributed by atoms with Gasteiger partial charge >= 0.3 is 0 Å². The fraction of sp³-hybridized carbons (Fsp3) is 0.368. The maximum Gasteiger partial charge on any atom is 0.0287 e. The summed E-state index contributed by atoms with van der Waals surface area (Å²) in [5.41, 5.74) is 16.5. The third-order valence-electron chi connectivity index (χ3n) is 10.2. The Labute approximate surface area is 231 Å². The van der Waals surface area contributed by atoms with Crippen LogP contribution in [0.1, 0.15) is 87.8 Å². The van der Waals surface area contributed by atoms with Crippen LogP contribution in [0.25, 0.3) is 5.57 Å². The number of benzene rings is 2. The molecule has 0 aromatic heterocycles. The second-order valence-corrected chi connectivity index (χ2v) is 13.1. The second kappa shape index (κ2) is 8.61. The van der Waals surface area contributed by atoms with E-state index in [1.165, 1.54) is 55.7 Å². The lowest BCUT2D eigenvalue weighted by Gasteiger charge is -2.62. The Balaban J connectivity index is 1.70. The molecule has 0 N–H and O–H groups in total. The molecule has 0 radical (unpaired) electrons. The molecule has 0 amide bonds. The molecule has 2 aromatic rings. The van der Waals surface area contributed by atoms with Gasteiger partial charge in [0.2, 0.25) is 0 Å². The molecule has 0 saturated heterocycles. The molecule has 5 rings (SSSR count). The molecule has 3 aliphatic rings. The molecule has 0 heterocycles. The van der Waals surface area contributed by atoms with Crippen molar-refractivity contribution in [3.8, 4) is 11.8 Å². The summed E-state index contributed by atoms with van der Waals surface area (Å²) in [5.74, 6) is 6.98. The van der Waals surface area contributed by atoms with Crippen LogP contribution in [-0.2, 0) is 6.42 Å². The topological polar surface area (TPSA) is 0 Å². The molecule has 0 heteroatoms. The summed E-state index contributed by atoms with van der Waals surface area (Å²) in [7, 11) is 0. The SMILES string of the molecule is C=C(C)C1=C(C)C[C@@]2(C)C[C@@]3(C)Cc4c(C#Cc5ccc(C)cc5)ccc(C)c4C(=C)C3=C(C)[C@@]2(C)C1=C. The van der Waals surface area contributed by atoms with Crippen molar-refractivity contribution in [2.24, 2.45) is 16.2 Å². The standard InChI is InChI=1S/C38H42/c1-23(2)33-26(5)20-37(10)22-36(9)21-32-31(19-17-30-15-12-24(3)13-16-30)18-14-25(4)34(32)27(6)35(36)29(8)38(37,11)28(33)7/h12-16,18H,1,6-7,20-22H2,2-5,8-11H3/t36-,37+,38-/m1/s1. The summed E-state index contributed by atoms with van der Waals surface area (Å²) in [6.45, 7) is 32.4. The molecule has 0 nitrogen and oxygen atoms in total. The van der Waals surface area contributed by atoms with Gasteiger partial charge in [-0.05, 0) is 122 Å². The minimum Gasteiger partial charge on any atom is -0.0955 e. The van der Waals surface area contributed by atoms with Crippen LogP contribution in [0.3, 0.4) is 0 Å². The van der Waals surface area contributed by atoms with Gasteiger partial charge in [0, 0.05) is 16.5 Å². The van der Waals surface area contributed by atoms with Gasteiger partial charge in [-0.25, -0.2) is 0 Å². The highest BCUT2D eigenvalue weighted by molar-refractivity contribution is 5.87. The Bertz CT molecular complexity index is 1550. The average Bonchev–Trinajstić information content (AvgIpc) is 2.81. The smallest absolute Gasteiger partial charge is 0.0287 e. The van der Waals surface area contributed by atoms with Crippen LogP contribution < -0.4 is 0 Å². The summed E-state index contributed by atoms with van der Waals surface area (Å²) in [6.07, 6.45) is 3.15. The Kier molecular flexibility index (Phi) is 5.96.